The van der Waals surface area contributed by atoms with E-state index in [0.717, 1.165) is 31.6 Å². The van der Waals surface area contributed by atoms with Crippen molar-refractivity contribution < 1.29 is 4.79 Å². The highest BCUT2D eigenvalue weighted by Crippen LogP contribution is 2.38. The van der Waals surface area contributed by atoms with Crippen molar-refractivity contribution in [1.29, 1.82) is 0 Å². The van der Waals surface area contributed by atoms with Crippen LogP contribution >= 0.6 is 12.4 Å². The molecule has 20 heavy (non-hydrogen) atoms. The number of nitrogens with one attached hydrogen (secondary N) is 1. The molecule has 2 aliphatic rings. The van der Waals surface area contributed by atoms with Gasteiger partial charge in [0, 0.05) is 31.2 Å². The van der Waals surface area contributed by atoms with Crippen LogP contribution in [-0.4, -0.2) is 52.0 Å². The topological polar surface area (TPSA) is 63.1 Å². The third-order valence-electron chi connectivity index (χ3n) is 4.03. The molecule has 1 saturated heterocycles. The van der Waals surface area contributed by atoms with Gasteiger partial charge in [0.25, 0.3) is 0 Å². The van der Waals surface area contributed by atoms with E-state index in [1.54, 1.807) is 4.68 Å². The lowest BCUT2D eigenvalue weighted by atomic mass is 10.1. The van der Waals surface area contributed by atoms with E-state index in [4.69, 9.17) is 0 Å². The Hall–Kier alpha value is -1.14. The zero-order chi connectivity index (χ0) is 13.2. The Morgan fingerprint density at radius 3 is 2.95 bits per heavy atom. The number of carbonyl (C=O) groups is 1. The van der Waals surface area contributed by atoms with Crippen molar-refractivity contribution in [3.05, 3.63) is 11.9 Å². The highest BCUT2D eigenvalue weighted by molar-refractivity contribution is 5.85. The maximum absolute atomic E-state index is 12.2. The van der Waals surface area contributed by atoms with Crippen LogP contribution in [0.3, 0.4) is 0 Å². The van der Waals surface area contributed by atoms with Crippen molar-refractivity contribution >= 4 is 18.3 Å². The SMILES string of the molecule is CNC1CCCN(C(=O)Cn2cc(C3CC3)nn2)C1.Cl. The van der Waals surface area contributed by atoms with Crippen molar-refractivity contribution in [1.82, 2.24) is 25.2 Å². The van der Waals surface area contributed by atoms with Gasteiger partial charge in [-0.15, -0.1) is 17.5 Å². The van der Waals surface area contributed by atoms with Crippen LogP contribution < -0.4 is 5.32 Å². The van der Waals surface area contributed by atoms with Crippen LogP contribution in [0, 0.1) is 0 Å². The minimum Gasteiger partial charge on any atom is -0.340 e. The van der Waals surface area contributed by atoms with Crippen LogP contribution in [0.1, 0.15) is 37.3 Å². The molecule has 1 aliphatic heterocycles. The Kier molecular flexibility index (Phi) is 4.99. The van der Waals surface area contributed by atoms with E-state index in [0.29, 0.717) is 18.5 Å². The van der Waals surface area contributed by atoms with Gasteiger partial charge in [-0.3, -0.25) is 4.79 Å². The molecule has 1 aliphatic carbocycles. The molecule has 112 valence electrons. The number of halogens is 1. The monoisotopic (exact) mass is 299 g/mol. The number of likely N-dealkylation sites (tertiary alicyclic amines) is 1. The molecule has 2 fully saturated rings. The molecule has 0 bridgehead atoms. The minimum absolute atomic E-state index is 0. The molecular weight excluding hydrogens is 278 g/mol. The summed E-state index contributed by atoms with van der Waals surface area (Å²) in [6.45, 7) is 1.98. The standard InChI is InChI=1S/C13H21N5O.ClH/c1-14-11-3-2-6-17(7-11)13(19)9-18-8-12(15-16-18)10-4-5-10;/h8,10-11,14H,2-7,9H2,1H3;1H. The van der Waals surface area contributed by atoms with Gasteiger partial charge in [-0.2, -0.15) is 0 Å². The summed E-state index contributed by atoms with van der Waals surface area (Å²) in [5.41, 5.74) is 1.04. The highest BCUT2D eigenvalue weighted by atomic mass is 35.5. The summed E-state index contributed by atoms with van der Waals surface area (Å²) < 4.78 is 1.68. The van der Waals surface area contributed by atoms with Crippen molar-refractivity contribution in [3.63, 3.8) is 0 Å². The largest absolute Gasteiger partial charge is 0.340 e. The number of piperidine rings is 1. The molecule has 7 heteroatoms. The van der Waals surface area contributed by atoms with E-state index in [-0.39, 0.29) is 18.3 Å². The number of carbonyl (C=O) groups excluding carboxylic acids is 1. The summed E-state index contributed by atoms with van der Waals surface area (Å²) in [7, 11) is 1.96. The molecule has 1 atom stereocenters. The Bertz CT molecular complexity index is 459. The summed E-state index contributed by atoms with van der Waals surface area (Å²) in [5.74, 6) is 0.736. The summed E-state index contributed by atoms with van der Waals surface area (Å²) in [5, 5.41) is 11.4. The summed E-state index contributed by atoms with van der Waals surface area (Å²) in [6, 6.07) is 0.426. The first-order valence-corrected chi connectivity index (χ1v) is 7.11. The van der Waals surface area contributed by atoms with Crippen molar-refractivity contribution in [2.45, 2.75) is 44.2 Å². The van der Waals surface area contributed by atoms with E-state index in [1.165, 1.54) is 12.8 Å². The Balaban J connectivity index is 0.00000147. The van der Waals surface area contributed by atoms with Gasteiger partial charge >= 0.3 is 0 Å². The van der Waals surface area contributed by atoms with Gasteiger partial charge in [-0.05, 0) is 32.7 Å². The predicted molar refractivity (Wildman–Crippen MR) is 77.9 cm³/mol. The molecule has 1 aromatic rings. The van der Waals surface area contributed by atoms with Crippen LogP contribution in [-0.2, 0) is 11.3 Å². The third kappa shape index (κ3) is 3.49. The molecule has 0 radical (unpaired) electrons. The molecular formula is C13H22ClN5O. The molecule has 0 aromatic carbocycles. The predicted octanol–water partition coefficient (Wildman–Crippen LogP) is 0.788. The molecule has 1 N–H and O–H groups in total. The summed E-state index contributed by atoms with van der Waals surface area (Å²) in [6.07, 6.45) is 6.57. The number of hydrogen-bond acceptors (Lipinski definition) is 4. The molecule has 1 aromatic heterocycles. The molecule has 1 unspecified atom stereocenters. The molecule has 0 spiro atoms. The van der Waals surface area contributed by atoms with E-state index >= 15 is 0 Å². The quantitative estimate of drug-likeness (QED) is 0.893. The summed E-state index contributed by atoms with van der Waals surface area (Å²) in [4.78, 5) is 14.2. The van der Waals surface area contributed by atoms with Crippen LogP contribution in [0.2, 0.25) is 0 Å². The molecule has 3 rings (SSSR count). The van der Waals surface area contributed by atoms with E-state index in [2.05, 4.69) is 15.6 Å². The minimum atomic E-state index is 0. The lowest BCUT2D eigenvalue weighted by molar-refractivity contribution is -0.133. The third-order valence-corrected chi connectivity index (χ3v) is 4.03. The average molecular weight is 300 g/mol. The number of likely N-dealkylation sites (N-methyl/N-ethyl adjacent to an activating group) is 1. The smallest absolute Gasteiger partial charge is 0.244 e. The fourth-order valence-corrected chi connectivity index (χ4v) is 2.63. The zero-order valence-electron chi connectivity index (χ0n) is 11.8. The molecule has 6 nitrogen and oxygen atoms in total. The summed E-state index contributed by atoms with van der Waals surface area (Å²) >= 11 is 0. The van der Waals surface area contributed by atoms with Crippen molar-refractivity contribution in [2.75, 3.05) is 20.1 Å². The average Bonchev–Trinajstić information content (AvgIpc) is 3.19. The fourth-order valence-electron chi connectivity index (χ4n) is 2.63. The highest BCUT2D eigenvalue weighted by Gasteiger charge is 2.27. The lowest BCUT2D eigenvalue weighted by Gasteiger charge is -2.32. The second-order valence-electron chi connectivity index (χ2n) is 5.58. The van der Waals surface area contributed by atoms with Gasteiger partial charge in [0.15, 0.2) is 0 Å². The van der Waals surface area contributed by atoms with Gasteiger partial charge in [-0.1, -0.05) is 5.21 Å². The normalized spacial score (nSPS) is 22.4. The first-order chi connectivity index (χ1) is 9.26. The van der Waals surface area contributed by atoms with Gasteiger partial charge in [0.1, 0.15) is 6.54 Å². The van der Waals surface area contributed by atoms with Crippen LogP contribution in [0.25, 0.3) is 0 Å². The van der Waals surface area contributed by atoms with Crippen LogP contribution in [0.5, 0.6) is 0 Å². The van der Waals surface area contributed by atoms with Gasteiger partial charge in [-0.25, -0.2) is 4.68 Å². The van der Waals surface area contributed by atoms with E-state index in [9.17, 15) is 4.79 Å². The fraction of sp³-hybridized carbons (Fsp3) is 0.769. The van der Waals surface area contributed by atoms with Gasteiger partial charge in [0.05, 0.1) is 5.69 Å². The first kappa shape index (κ1) is 15.3. The van der Waals surface area contributed by atoms with Crippen LogP contribution in [0.4, 0.5) is 0 Å². The second kappa shape index (κ2) is 6.54. The maximum Gasteiger partial charge on any atom is 0.244 e. The molecule has 1 saturated carbocycles. The van der Waals surface area contributed by atoms with E-state index < -0.39 is 0 Å². The molecule has 2 heterocycles. The lowest BCUT2D eigenvalue weighted by Crippen LogP contribution is -2.47. The number of rotatable bonds is 4. The number of aromatic nitrogens is 3. The van der Waals surface area contributed by atoms with Gasteiger partial charge in [0.2, 0.25) is 5.91 Å². The van der Waals surface area contributed by atoms with Crippen molar-refractivity contribution in [2.24, 2.45) is 0 Å². The maximum atomic E-state index is 12.2. The number of amides is 1. The van der Waals surface area contributed by atoms with Gasteiger partial charge < -0.3 is 10.2 Å². The van der Waals surface area contributed by atoms with Crippen LogP contribution in [0.15, 0.2) is 6.20 Å². The van der Waals surface area contributed by atoms with Crippen molar-refractivity contribution in [3.8, 4) is 0 Å². The molecule has 1 amide bonds. The first-order valence-electron chi connectivity index (χ1n) is 7.11. The number of hydrogen-bond donors (Lipinski definition) is 1. The second-order valence-corrected chi connectivity index (χ2v) is 5.58. The zero-order valence-corrected chi connectivity index (χ0v) is 12.6. The Morgan fingerprint density at radius 2 is 2.25 bits per heavy atom. The Morgan fingerprint density at radius 1 is 1.45 bits per heavy atom. The number of nitrogens with zero attached hydrogens (tertiary/aromatic N) is 4. The Labute approximate surface area is 125 Å². The van der Waals surface area contributed by atoms with E-state index in [1.807, 2.05) is 18.1 Å².